The van der Waals surface area contributed by atoms with Crippen LogP contribution in [0, 0.1) is 5.82 Å². The summed E-state index contributed by atoms with van der Waals surface area (Å²) >= 11 is 0. The number of aryl methyl sites for hydroxylation is 1. The zero-order valence-corrected chi connectivity index (χ0v) is 14.2. The minimum absolute atomic E-state index is 0.0709. The Morgan fingerprint density at radius 3 is 3.12 bits per heavy atom. The second-order valence-corrected chi connectivity index (χ2v) is 6.54. The highest BCUT2D eigenvalue weighted by Crippen LogP contribution is 2.25. The van der Waals surface area contributed by atoms with E-state index in [9.17, 15) is 9.18 Å². The van der Waals surface area contributed by atoms with Gasteiger partial charge in [-0.1, -0.05) is 13.0 Å². The summed E-state index contributed by atoms with van der Waals surface area (Å²) in [5.41, 5.74) is 1.10. The number of aromatic amines is 1. The maximum absolute atomic E-state index is 13.9. The van der Waals surface area contributed by atoms with Crippen LogP contribution in [0.15, 0.2) is 36.7 Å². The van der Waals surface area contributed by atoms with E-state index in [2.05, 4.69) is 21.5 Å². The number of aromatic nitrogens is 3. The normalized spacial score (nSPS) is 18.0. The molecule has 0 radical (unpaired) electrons. The summed E-state index contributed by atoms with van der Waals surface area (Å²) in [5, 5.41) is 0.460. The van der Waals surface area contributed by atoms with Gasteiger partial charge in [0.05, 0.1) is 6.04 Å². The van der Waals surface area contributed by atoms with Gasteiger partial charge in [-0.25, -0.2) is 9.37 Å². The summed E-state index contributed by atoms with van der Waals surface area (Å²) in [4.78, 5) is 22.2. The van der Waals surface area contributed by atoms with Crippen molar-refractivity contribution in [2.45, 2.75) is 32.2 Å². The van der Waals surface area contributed by atoms with Crippen molar-refractivity contribution in [2.24, 2.45) is 0 Å². The van der Waals surface area contributed by atoms with Gasteiger partial charge in [-0.15, -0.1) is 0 Å². The molecule has 0 unspecified atom stereocenters. The van der Waals surface area contributed by atoms with Crippen molar-refractivity contribution in [2.75, 3.05) is 13.1 Å². The van der Waals surface area contributed by atoms with Gasteiger partial charge in [0, 0.05) is 42.8 Å². The lowest BCUT2D eigenvalue weighted by Crippen LogP contribution is -2.41. The van der Waals surface area contributed by atoms with Crippen LogP contribution in [0.25, 0.3) is 10.9 Å². The Morgan fingerprint density at radius 2 is 2.32 bits per heavy atom. The third-order valence-electron chi connectivity index (χ3n) is 4.98. The maximum atomic E-state index is 13.9. The lowest BCUT2D eigenvalue weighted by atomic mass is 10.0. The van der Waals surface area contributed by atoms with Crippen LogP contribution in [0.1, 0.15) is 42.1 Å². The molecule has 1 saturated heterocycles. The van der Waals surface area contributed by atoms with E-state index < -0.39 is 0 Å². The molecule has 1 fully saturated rings. The number of carbonyl (C=O) groups is 1. The van der Waals surface area contributed by atoms with E-state index >= 15 is 0 Å². The van der Waals surface area contributed by atoms with Gasteiger partial charge < -0.3 is 14.5 Å². The average Bonchev–Trinajstić information content (AvgIpc) is 3.28. The number of amides is 1. The van der Waals surface area contributed by atoms with Gasteiger partial charge in [-0.05, 0) is 31.0 Å². The first-order valence-electron chi connectivity index (χ1n) is 8.75. The molecule has 3 aromatic rings. The standard InChI is InChI=1S/C19H21FN4O/c1-2-18-21-8-10-24(18)13-5-4-9-23(12-13)19(25)17-11-14-15(20)6-3-7-16(14)22-17/h3,6-8,10-11,13,22H,2,4-5,9,12H2,1H3/t13-/m1/s1. The van der Waals surface area contributed by atoms with Gasteiger partial charge in [0.2, 0.25) is 0 Å². The zero-order valence-electron chi connectivity index (χ0n) is 14.2. The molecule has 0 aliphatic carbocycles. The lowest BCUT2D eigenvalue weighted by Gasteiger charge is -2.33. The van der Waals surface area contributed by atoms with Gasteiger partial charge in [0.25, 0.3) is 5.91 Å². The second-order valence-electron chi connectivity index (χ2n) is 6.54. The number of hydrogen-bond acceptors (Lipinski definition) is 2. The molecular formula is C19H21FN4O. The predicted molar refractivity (Wildman–Crippen MR) is 94.0 cm³/mol. The quantitative estimate of drug-likeness (QED) is 0.793. The van der Waals surface area contributed by atoms with Crippen molar-refractivity contribution in [3.63, 3.8) is 0 Å². The average molecular weight is 340 g/mol. The molecule has 4 rings (SSSR count). The summed E-state index contributed by atoms with van der Waals surface area (Å²) in [5.74, 6) is 0.667. The fourth-order valence-electron chi connectivity index (χ4n) is 3.72. The number of rotatable bonds is 3. The number of nitrogens with zero attached hydrogens (tertiary/aromatic N) is 3. The summed E-state index contributed by atoms with van der Waals surface area (Å²) in [7, 11) is 0. The first-order chi connectivity index (χ1) is 12.2. The number of likely N-dealkylation sites (tertiary alicyclic amines) is 1. The number of fused-ring (bicyclic) bond motifs is 1. The van der Waals surface area contributed by atoms with Crippen LogP contribution in [0.3, 0.4) is 0 Å². The number of piperidine rings is 1. The fraction of sp³-hybridized carbons (Fsp3) is 0.368. The number of hydrogen-bond donors (Lipinski definition) is 1. The number of carbonyl (C=O) groups excluding carboxylic acids is 1. The van der Waals surface area contributed by atoms with E-state index in [-0.39, 0.29) is 17.8 Å². The predicted octanol–water partition coefficient (Wildman–Crippen LogP) is 3.54. The number of H-pyrrole nitrogens is 1. The van der Waals surface area contributed by atoms with Crippen molar-refractivity contribution in [1.82, 2.24) is 19.4 Å². The molecule has 1 aromatic carbocycles. The van der Waals surface area contributed by atoms with Crippen molar-refractivity contribution in [3.8, 4) is 0 Å². The topological polar surface area (TPSA) is 53.9 Å². The van der Waals surface area contributed by atoms with Crippen LogP contribution >= 0.6 is 0 Å². The molecule has 1 atom stereocenters. The highest BCUT2D eigenvalue weighted by atomic mass is 19.1. The summed E-state index contributed by atoms with van der Waals surface area (Å²) in [6.07, 6.45) is 6.68. The van der Waals surface area contributed by atoms with E-state index in [1.54, 1.807) is 18.2 Å². The maximum Gasteiger partial charge on any atom is 0.270 e. The second kappa shape index (κ2) is 6.35. The molecule has 6 heteroatoms. The highest BCUT2D eigenvalue weighted by molar-refractivity contribution is 5.98. The number of imidazole rings is 1. The molecule has 5 nitrogen and oxygen atoms in total. The van der Waals surface area contributed by atoms with Crippen molar-refractivity contribution in [3.05, 3.63) is 54.0 Å². The van der Waals surface area contributed by atoms with Gasteiger partial charge in [-0.3, -0.25) is 4.79 Å². The van der Waals surface area contributed by atoms with E-state index in [4.69, 9.17) is 0 Å². The third kappa shape index (κ3) is 2.81. The molecule has 3 heterocycles. The molecule has 2 aromatic heterocycles. The fourth-order valence-corrected chi connectivity index (χ4v) is 3.72. The monoisotopic (exact) mass is 340 g/mol. The van der Waals surface area contributed by atoms with Crippen LogP contribution in [0.2, 0.25) is 0 Å². The molecular weight excluding hydrogens is 319 g/mol. The van der Waals surface area contributed by atoms with Crippen LogP contribution in [-0.2, 0) is 6.42 Å². The Labute approximate surface area is 145 Å². The van der Waals surface area contributed by atoms with Crippen LogP contribution in [0.5, 0.6) is 0 Å². The summed E-state index contributed by atoms with van der Waals surface area (Å²) < 4.78 is 16.1. The van der Waals surface area contributed by atoms with Crippen molar-refractivity contribution in [1.29, 1.82) is 0 Å². The Hall–Kier alpha value is -2.63. The molecule has 1 amide bonds. The van der Waals surface area contributed by atoms with E-state index in [0.717, 1.165) is 31.6 Å². The molecule has 1 N–H and O–H groups in total. The molecule has 25 heavy (non-hydrogen) atoms. The van der Waals surface area contributed by atoms with Gasteiger partial charge >= 0.3 is 0 Å². The Balaban J connectivity index is 1.58. The lowest BCUT2D eigenvalue weighted by molar-refractivity contribution is 0.0673. The first-order valence-corrected chi connectivity index (χ1v) is 8.75. The number of benzene rings is 1. The van der Waals surface area contributed by atoms with Gasteiger partial charge in [0.1, 0.15) is 17.3 Å². The van der Waals surface area contributed by atoms with Crippen molar-refractivity contribution < 1.29 is 9.18 Å². The Kier molecular flexibility index (Phi) is 4.03. The number of halogens is 1. The smallest absolute Gasteiger partial charge is 0.270 e. The van der Waals surface area contributed by atoms with E-state index in [1.165, 1.54) is 6.07 Å². The first kappa shape index (κ1) is 15.9. The van der Waals surface area contributed by atoms with E-state index in [0.29, 0.717) is 23.1 Å². The largest absolute Gasteiger partial charge is 0.350 e. The zero-order chi connectivity index (χ0) is 17.4. The SMILES string of the molecule is CCc1nccn1[C@@H]1CCCN(C(=O)c2cc3c(F)cccc3[nH]2)C1. The highest BCUT2D eigenvalue weighted by Gasteiger charge is 2.27. The number of nitrogens with one attached hydrogen (secondary N) is 1. The van der Waals surface area contributed by atoms with Crippen LogP contribution < -0.4 is 0 Å². The van der Waals surface area contributed by atoms with Crippen LogP contribution in [0.4, 0.5) is 4.39 Å². The Bertz CT molecular complexity index is 913. The van der Waals surface area contributed by atoms with Crippen molar-refractivity contribution >= 4 is 16.8 Å². The molecule has 0 saturated carbocycles. The third-order valence-corrected chi connectivity index (χ3v) is 4.98. The van der Waals surface area contributed by atoms with Crippen LogP contribution in [-0.4, -0.2) is 38.4 Å². The molecule has 0 spiro atoms. The summed E-state index contributed by atoms with van der Waals surface area (Å²) in [6.45, 7) is 3.47. The summed E-state index contributed by atoms with van der Waals surface area (Å²) in [6, 6.07) is 6.70. The molecule has 0 bridgehead atoms. The molecule has 130 valence electrons. The van der Waals surface area contributed by atoms with Gasteiger partial charge in [-0.2, -0.15) is 0 Å². The molecule has 1 aliphatic rings. The Morgan fingerprint density at radius 1 is 1.44 bits per heavy atom. The minimum atomic E-state index is -0.310. The van der Waals surface area contributed by atoms with Gasteiger partial charge in [0.15, 0.2) is 0 Å². The molecule has 1 aliphatic heterocycles. The van der Waals surface area contributed by atoms with E-state index in [1.807, 2.05) is 17.3 Å². The minimum Gasteiger partial charge on any atom is -0.350 e.